The van der Waals surface area contributed by atoms with E-state index >= 15 is 0 Å². The first-order valence-corrected chi connectivity index (χ1v) is 5.44. The van der Waals surface area contributed by atoms with Crippen molar-refractivity contribution in [2.75, 3.05) is 11.9 Å². The summed E-state index contributed by atoms with van der Waals surface area (Å²) in [4.78, 5) is 22.5. The van der Waals surface area contributed by atoms with Crippen LogP contribution >= 0.6 is 0 Å². The molecule has 0 unspecified atom stereocenters. The van der Waals surface area contributed by atoms with Gasteiger partial charge in [0, 0.05) is 6.54 Å². The van der Waals surface area contributed by atoms with Crippen LogP contribution < -0.4 is 10.6 Å². The summed E-state index contributed by atoms with van der Waals surface area (Å²) < 4.78 is 0. The van der Waals surface area contributed by atoms with Crippen molar-refractivity contribution in [3.05, 3.63) is 29.3 Å². The number of aryl methyl sites for hydroxylation is 1. The number of nitrogens with one attached hydrogen (secondary N) is 2. The highest BCUT2D eigenvalue weighted by molar-refractivity contribution is 6.01. The summed E-state index contributed by atoms with van der Waals surface area (Å²) in [5.41, 5.74) is 1.05. The predicted molar refractivity (Wildman–Crippen MR) is 65.5 cm³/mol. The van der Waals surface area contributed by atoms with Crippen LogP contribution in [0.3, 0.4) is 0 Å². The highest BCUT2D eigenvalue weighted by Crippen LogP contribution is 2.19. The van der Waals surface area contributed by atoms with Gasteiger partial charge in [-0.25, -0.2) is 9.59 Å². The number of hydrogen-bond acceptors (Lipinski definition) is 2. The fourth-order valence-electron chi connectivity index (χ4n) is 1.46. The third-order valence-corrected chi connectivity index (χ3v) is 2.27. The molecule has 5 heteroatoms. The zero-order valence-electron chi connectivity index (χ0n) is 9.91. The van der Waals surface area contributed by atoms with E-state index in [1.165, 1.54) is 0 Å². The van der Waals surface area contributed by atoms with E-state index in [4.69, 9.17) is 5.11 Å². The van der Waals surface area contributed by atoms with Gasteiger partial charge in [-0.15, -0.1) is 0 Å². The third kappa shape index (κ3) is 3.48. The van der Waals surface area contributed by atoms with Crippen LogP contribution in [0.4, 0.5) is 10.5 Å². The minimum Gasteiger partial charge on any atom is -0.478 e. The Bertz CT molecular complexity index is 430. The van der Waals surface area contributed by atoms with Crippen molar-refractivity contribution in [3.8, 4) is 0 Å². The van der Waals surface area contributed by atoms with E-state index < -0.39 is 5.97 Å². The topological polar surface area (TPSA) is 78.4 Å². The molecule has 1 rings (SSSR count). The van der Waals surface area contributed by atoms with Crippen molar-refractivity contribution >= 4 is 17.7 Å². The van der Waals surface area contributed by atoms with E-state index in [1.54, 1.807) is 25.1 Å². The van der Waals surface area contributed by atoms with Gasteiger partial charge in [0.1, 0.15) is 0 Å². The monoisotopic (exact) mass is 236 g/mol. The fraction of sp³-hybridized carbons (Fsp3) is 0.333. The molecule has 1 aromatic rings. The number of carbonyl (C=O) groups is 2. The van der Waals surface area contributed by atoms with Crippen LogP contribution in [0.15, 0.2) is 18.2 Å². The molecule has 0 saturated carbocycles. The van der Waals surface area contributed by atoms with Crippen LogP contribution in [0.1, 0.15) is 29.3 Å². The first-order valence-electron chi connectivity index (χ1n) is 5.44. The second-order valence-electron chi connectivity index (χ2n) is 3.68. The highest BCUT2D eigenvalue weighted by atomic mass is 16.4. The summed E-state index contributed by atoms with van der Waals surface area (Å²) in [6, 6.07) is 4.58. The van der Waals surface area contributed by atoms with E-state index in [-0.39, 0.29) is 11.6 Å². The zero-order valence-corrected chi connectivity index (χ0v) is 9.91. The zero-order chi connectivity index (χ0) is 12.8. The molecule has 0 aliphatic carbocycles. The Morgan fingerprint density at radius 1 is 1.35 bits per heavy atom. The molecule has 0 atom stereocenters. The summed E-state index contributed by atoms with van der Waals surface area (Å²) >= 11 is 0. The molecule has 92 valence electrons. The lowest BCUT2D eigenvalue weighted by atomic mass is 10.1. The molecule has 0 fully saturated rings. The molecule has 1 aromatic carbocycles. The van der Waals surface area contributed by atoms with Crippen molar-refractivity contribution in [2.24, 2.45) is 0 Å². The molecular weight excluding hydrogens is 220 g/mol. The third-order valence-electron chi connectivity index (χ3n) is 2.27. The number of carbonyl (C=O) groups excluding carboxylic acids is 1. The number of hydrogen-bond donors (Lipinski definition) is 3. The summed E-state index contributed by atoms with van der Waals surface area (Å²) in [5.74, 6) is -1.05. The first-order chi connectivity index (χ1) is 8.06. The van der Waals surface area contributed by atoms with Crippen LogP contribution in [0, 0.1) is 6.92 Å². The van der Waals surface area contributed by atoms with Gasteiger partial charge in [-0.1, -0.05) is 19.1 Å². The van der Waals surface area contributed by atoms with Gasteiger partial charge in [0.25, 0.3) is 0 Å². The lowest BCUT2D eigenvalue weighted by Crippen LogP contribution is -2.30. The van der Waals surface area contributed by atoms with Crippen LogP contribution in [0.5, 0.6) is 0 Å². The van der Waals surface area contributed by atoms with Crippen molar-refractivity contribution in [1.29, 1.82) is 0 Å². The molecule has 0 saturated heterocycles. The largest absolute Gasteiger partial charge is 0.478 e. The Morgan fingerprint density at radius 2 is 2.06 bits per heavy atom. The summed E-state index contributed by atoms with van der Waals surface area (Å²) in [5, 5.41) is 14.2. The van der Waals surface area contributed by atoms with Crippen molar-refractivity contribution in [3.63, 3.8) is 0 Å². The number of aromatic carboxylic acids is 1. The predicted octanol–water partition coefficient (Wildman–Crippen LogP) is 2.22. The van der Waals surface area contributed by atoms with Gasteiger partial charge in [-0.2, -0.15) is 0 Å². The highest BCUT2D eigenvalue weighted by Gasteiger charge is 2.14. The maximum absolute atomic E-state index is 11.4. The number of rotatable bonds is 4. The van der Waals surface area contributed by atoms with Crippen LogP contribution in [-0.2, 0) is 0 Å². The van der Waals surface area contributed by atoms with Crippen LogP contribution in [0.2, 0.25) is 0 Å². The lowest BCUT2D eigenvalue weighted by Gasteiger charge is -2.11. The van der Waals surface area contributed by atoms with E-state index in [1.807, 2.05) is 6.92 Å². The minimum atomic E-state index is -1.05. The van der Waals surface area contributed by atoms with Gasteiger partial charge in [0.2, 0.25) is 0 Å². The standard InChI is InChI=1S/C12H16N2O3/c1-3-7-13-12(17)14-9-6-4-5-8(2)10(9)11(15)16/h4-6H,3,7H2,1-2H3,(H,15,16)(H2,13,14,17). The molecular formula is C12H16N2O3. The van der Waals surface area contributed by atoms with Crippen molar-refractivity contribution < 1.29 is 14.7 Å². The SMILES string of the molecule is CCCNC(=O)Nc1cccc(C)c1C(=O)O. The Morgan fingerprint density at radius 3 is 2.65 bits per heavy atom. The molecule has 0 radical (unpaired) electrons. The van der Waals surface area contributed by atoms with Gasteiger partial charge in [0.15, 0.2) is 0 Å². The Labute approximate surface area is 99.8 Å². The van der Waals surface area contributed by atoms with Gasteiger partial charge in [0.05, 0.1) is 11.3 Å². The second kappa shape index (κ2) is 5.89. The molecule has 0 aliphatic heterocycles. The number of carboxylic acids is 1. The fourth-order valence-corrected chi connectivity index (χ4v) is 1.46. The van der Waals surface area contributed by atoms with E-state index in [2.05, 4.69) is 10.6 Å². The average Bonchev–Trinajstić information content (AvgIpc) is 2.25. The molecule has 17 heavy (non-hydrogen) atoms. The Balaban J connectivity index is 2.87. The molecule has 0 aromatic heterocycles. The van der Waals surface area contributed by atoms with Crippen molar-refractivity contribution in [1.82, 2.24) is 5.32 Å². The summed E-state index contributed by atoms with van der Waals surface area (Å²) in [7, 11) is 0. The van der Waals surface area contributed by atoms with Gasteiger partial charge >= 0.3 is 12.0 Å². The van der Waals surface area contributed by atoms with E-state index in [0.717, 1.165) is 6.42 Å². The number of benzene rings is 1. The quantitative estimate of drug-likeness (QED) is 0.750. The number of amides is 2. The van der Waals surface area contributed by atoms with Crippen LogP contribution in [-0.4, -0.2) is 23.7 Å². The molecule has 0 heterocycles. The number of carboxylic acid groups (broad SMARTS) is 1. The van der Waals surface area contributed by atoms with E-state index in [9.17, 15) is 9.59 Å². The van der Waals surface area contributed by atoms with Gasteiger partial charge < -0.3 is 15.7 Å². The molecule has 0 bridgehead atoms. The molecule has 5 nitrogen and oxygen atoms in total. The molecule has 0 aliphatic rings. The van der Waals surface area contributed by atoms with Crippen LogP contribution in [0.25, 0.3) is 0 Å². The summed E-state index contributed by atoms with van der Waals surface area (Å²) in [6.07, 6.45) is 0.826. The normalized spacial score (nSPS) is 9.76. The molecule has 3 N–H and O–H groups in total. The summed E-state index contributed by atoms with van der Waals surface area (Å²) in [6.45, 7) is 4.19. The smallest absolute Gasteiger partial charge is 0.338 e. The van der Waals surface area contributed by atoms with Gasteiger partial charge in [-0.3, -0.25) is 0 Å². The lowest BCUT2D eigenvalue weighted by molar-refractivity contribution is 0.0697. The van der Waals surface area contributed by atoms with Crippen molar-refractivity contribution in [2.45, 2.75) is 20.3 Å². The van der Waals surface area contributed by atoms with Gasteiger partial charge in [-0.05, 0) is 25.0 Å². The molecule has 2 amide bonds. The Kier molecular flexibility index (Phi) is 4.51. The number of urea groups is 1. The minimum absolute atomic E-state index is 0.124. The Hall–Kier alpha value is -2.04. The number of anilines is 1. The maximum atomic E-state index is 11.4. The van der Waals surface area contributed by atoms with E-state index in [0.29, 0.717) is 17.8 Å². The maximum Gasteiger partial charge on any atom is 0.338 e. The average molecular weight is 236 g/mol. The second-order valence-corrected chi connectivity index (χ2v) is 3.68. The first kappa shape index (κ1) is 13.0. The molecule has 0 spiro atoms.